The van der Waals surface area contributed by atoms with Gasteiger partial charge in [-0.15, -0.1) is 0 Å². The summed E-state index contributed by atoms with van der Waals surface area (Å²) in [5, 5.41) is 2.56. The lowest BCUT2D eigenvalue weighted by Gasteiger charge is -2.08. The molecule has 0 spiro atoms. The average molecular weight is 358 g/mol. The molecule has 0 radical (unpaired) electrons. The molecule has 0 fully saturated rings. The van der Waals surface area contributed by atoms with Crippen LogP contribution in [0.5, 0.6) is 0 Å². The molecule has 132 valence electrons. The van der Waals surface area contributed by atoms with E-state index >= 15 is 0 Å². The number of carbonyl (C=O) groups excluding carboxylic acids is 2. The second kappa shape index (κ2) is 6.87. The summed E-state index contributed by atoms with van der Waals surface area (Å²) >= 11 is 0. The van der Waals surface area contributed by atoms with Crippen LogP contribution in [-0.4, -0.2) is 22.9 Å². The third-order valence-corrected chi connectivity index (χ3v) is 3.68. The summed E-state index contributed by atoms with van der Waals surface area (Å²) in [6.07, 6.45) is -0.540. The van der Waals surface area contributed by atoms with Crippen LogP contribution in [0.2, 0.25) is 0 Å². The largest absolute Gasteiger partial charge is 0.471 e. The van der Waals surface area contributed by atoms with E-state index in [0.29, 0.717) is 11.1 Å². The van der Waals surface area contributed by atoms with Gasteiger partial charge in [-0.25, -0.2) is 0 Å². The fraction of sp³-hybridized carbons (Fsp3) is 0.0526. The number of ketones is 1. The van der Waals surface area contributed by atoms with Gasteiger partial charge in [-0.2, -0.15) is 13.2 Å². The molecule has 26 heavy (non-hydrogen) atoms. The highest BCUT2D eigenvalue weighted by Crippen LogP contribution is 2.21. The first-order valence-corrected chi connectivity index (χ1v) is 7.61. The van der Waals surface area contributed by atoms with Gasteiger partial charge in [0.05, 0.1) is 0 Å². The number of benzene rings is 2. The Bertz CT molecular complexity index is 1000. The van der Waals surface area contributed by atoms with Gasteiger partial charge in [-0.3, -0.25) is 9.59 Å². The van der Waals surface area contributed by atoms with E-state index in [2.05, 4.69) is 4.98 Å². The summed E-state index contributed by atoms with van der Waals surface area (Å²) in [5.41, 5.74) is 1.81. The standard InChI is InChI=1S/C19H13F3N2O2/c20-19(21,22)18(26)24-13-5-3-4-12(10-13)8-9-17(25)15-11-23-16-7-2-1-6-14(15)16/h1-11,23H,(H,24,26)/b9-8+. The number of aromatic amines is 1. The molecule has 3 aromatic rings. The Morgan fingerprint density at radius 2 is 1.81 bits per heavy atom. The molecular weight excluding hydrogens is 345 g/mol. The quantitative estimate of drug-likeness (QED) is 0.530. The van der Waals surface area contributed by atoms with Crippen molar-refractivity contribution in [2.24, 2.45) is 0 Å². The molecular formula is C19H13F3N2O2. The zero-order valence-corrected chi connectivity index (χ0v) is 13.3. The predicted octanol–water partition coefficient (Wildman–Crippen LogP) is 4.56. The van der Waals surface area contributed by atoms with Crippen molar-refractivity contribution in [1.82, 2.24) is 4.98 Å². The van der Waals surface area contributed by atoms with Crippen LogP contribution >= 0.6 is 0 Å². The molecule has 1 heterocycles. The number of H-pyrrole nitrogens is 1. The Hall–Kier alpha value is -3.35. The van der Waals surface area contributed by atoms with Crippen LogP contribution in [-0.2, 0) is 4.79 Å². The van der Waals surface area contributed by atoms with Crippen molar-refractivity contribution >= 4 is 34.4 Å². The fourth-order valence-electron chi connectivity index (χ4n) is 2.46. The van der Waals surface area contributed by atoms with Crippen LogP contribution in [0.15, 0.2) is 60.8 Å². The number of aromatic nitrogens is 1. The van der Waals surface area contributed by atoms with Gasteiger partial charge in [-0.05, 0) is 29.8 Å². The second-order valence-corrected chi connectivity index (χ2v) is 5.52. The minimum absolute atomic E-state index is 0.00554. The Balaban J connectivity index is 1.77. The third kappa shape index (κ3) is 3.83. The van der Waals surface area contributed by atoms with E-state index in [1.807, 2.05) is 24.3 Å². The lowest BCUT2D eigenvalue weighted by molar-refractivity contribution is -0.167. The number of anilines is 1. The molecule has 1 aromatic heterocycles. The molecule has 3 rings (SSSR count). The molecule has 0 aliphatic heterocycles. The number of amides is 1. The molecule has 4 nitrogen and oxygen atoms in total. The maximum atomic E-state index is 12.4. The zero-order valence-electron chi connectivity index (χ0n) is 13.3. The minimum atomic E-state index is -4.96. The molecule has 0 aliphatic rings. The summed E-state index contributed by atoms with van der Waals surface area (Å²) in [4.78, 5) is 26.3. The van der Waals surface area contributed by atoms with Crippen LogP contribution in [0.3, 0.4) is 0 Å². The SMILES string of the molecule is O=C(/C=C/c1cccc(NC(=O)C(F)(F)F)c1)c1c[nH]c2ccccc12. The van der Waals surface area contributed by atoms with Gasteiger partial charge >= 0.3 is 12.1 Å². The maximum absolute atomic E-state index is 12.4. The number of allylic oxidation sites excluding steroid dienone is 1. The van der Waals surface area contributed by atoms with E-state index in [1.54, 1.807) is 17.6 Å². The van der Waals surface area contributed by atoms with E-state index in [9.17, 15) is 22.8 Å². The molecule has 0 saturated heterocycles. The number of rotatable bonds is 4. The smallest absolute Gasteiger partial charge is 0.360 e. The molecule has 7 heteroatoms. The summed E-state index contributed by atoms with van der Waals surface area (Å²) < 4.78 is 36.9. The van der Waals surface area contributed by atoms with Crippen molar-refractivity contribution in [1.29, 1.82) is 0 Å². The Morgan fingerprint density at radius 1 is 1.04 bits per heavy atom. The molecule has 0 atom stereocenters. The van der Waals surface area contributed by atoms with Gasteiger partial charge in [0.2, 0.25) is 0 Å². The number of hydrogen-bond donors (Lipinski definition) is 2. The number of para-hydroxylation sites is 1. The molecule has 1 amide bonds. The van der Waals surface area contributed by atoms with Crippen molar-refractivity contribution in [2.45, 2.75) is 6.18 Å². The number of hydrogen-bond acceptors (Lipinski definition) is 2. The number of fused-ring (bicyclic) bond motifs is 1. The monoisotopic (exact) mass is 358 g/mol. The van der Waals surface area contributed by atoms with Gasteiger partial charge in [0.15, 0.2) is 5.78 Å². The highest BCUT2D eigenvalue weighted by Gasteiger charge is 2.38. The first-order chi connectivity index (χ1) is 12.3. The highest BCUT2D eigenvalue weighted by atomic mass is 19.4. The van der Waals surface area contributed by atoms with Crippen molar-refractivity contribution in [3.05, 3.63) is 71.9 Å². The average Bonchev–Trinajstić information content (AvgIpc) is 3.03. The third-order valence-electron chi connectivity index (χ3n) is 3.68. The van der Waals surface area contributed by atoms with E-state index in [1.165, 1.54) is 30.4 Å². The first kappa shape index (κ1) is 17.5. The molecule has 0 unspecified atom stereocenters. The van der Waals surface area contributed by atoms with Crippen LogP contribution in [0.25, 0.3) is 17.0 Å². The fourth-order valence-corrected chi connectivity index (χ4v) is 2.46. The zero-order chi connectivity index (χ0) is 18.7. The number of nitrogens with one attached hydrogen (secondary N) is 2. The molecule has 2 aromatic carbocycles. The van der Waals surface area contributed by atoms with Crippen LogP contribution in [0.1, 0.15) is 15.9 Å². The van der Waals surface area contributed by atoms with Crippen molar-refractivity contribution in [3.63, 3.8) is 0 Å². The maximum Gasteiger partial charge on any atom is 0.471 e. The summed E-state index contributed by atoms with van der Waals surface area (Å²) in [6.45, 7) is 0. The molecule has 0 saturated carbocycles. The molecule has 0 bridgehead atoms. The lowest BCUT2D eigenvalue weighted by Crippen LogP contribution is -2.29. The Labute approximate surface area is 146 Å². The normalized spacial score (nSPS) is 11.8. The van der Waals surface area contributed by atoms with Crippen molar-refractivity contribution in [2.75, 3.05) is 5.32 Å². The van der Waals surface area contributed by atoms with Gasteiger partial charge in [0.25, 0.3) is 0 Å². The lowest BCUT2D eigenvalue weighted by atomic mass is 10.1. The van der Waals surface area contributed by atoms with Gasteiger partial charge < -0.3 is 10.3 Å². The molecule has 2 N–H and O–H groups in total. The highest BCUT2D eigenvalue weighted by molar-refractivity contribution is 6.14. The van der Waals surface area contributed by atoms with Crippen molar-refractivity contribution < 1.29 is 22.8 Å². The summed E-state index contributed by atoms with van der Waals surface area (Å²) in [6, 6.07) is 13.1. The van der Waals surface area contributed by atoms with E-state index in [0.717, 1.165) is 10.9 Å². The number of carbonyl (C=O) groups is 2. The van der Waals surface area contributed by atoms with E-state index in [4.69, 9.17) is 0 Å². The number of halogens is 3. The van der Waals surface area contributed by atoms with Crippen LogP contribution < -0.4 is 5.32 Å². The van der Waals surface area contributed by atoms with Gasteiger partial charge in [0.1, 0.15) is 0 Å². The van der Waals surface area contributed by atoms with Crippen molar-refractivity contribution in [3.8, 4) is 0 Å². The topological polar surface area (TPSA) is 62.0 Å². The minimum Gasteiger partial charge on any atom is -0.360 e. The Morgan fingerprint density at radius 3 is 2.58 bits per heavy atom. The second-order valence-electron chi connectivity index (χ2n) is 5.52. The predicted molar refractivity (Wildman–Crippen MR) is 92.8 cm³/mol. The van der Waals surface area contributed by atoms with Gasteiger partial charge in [0, 0.05) is 28.4 Å². The molecule has 0 aliphatic carbocycles. The van der Waals surface area contributed by atoms with Crippen LogP contribution in [0.4, 0.5) is 18.9 Å². The summed E-state index contributed by atoms with van der Waals surface area (Å²) in [5.74, 6) is -2.29. The summed E-state index contributed by atoms with van der Waals surface area (Å²) in [7, 11) is 0. The van der Waals surface area contributed by atoms with Crippen LogP contribution in [0, 0.1) is 0 Å². The number of alkyl halides is 3. The van der Waals surface area contributed by atoms with E-state index < -0.39 is 12.1 Å². The Kier molecular flexibility index (Phi) is 4.62. The van der Waals surface area contributed by atoms with Gasteiger partial charge in [-0.1, -0.05) is 36.4 Å². The first-order valence-electron chi connectivity index (χ1n) is 7.61. The van der Waals surface area contributed by atoms with E-state index in [-0.39, 0.29) is 11.5 Å².